The molecular weight excluding hydrogens is 256 g/mol. The van der Waals surface area contributed by atoms with Crippen LogP contribution >= 0.6 is 0 Å². The number of carboxylic acid groups (broad SMARTS) is 1. The molecule has 1 aliphatic rings. The maximum absolute atomic E-state index is 12.2. The van der Waals surface area contributed by atoms with Crippen LogP contribution in [0.5, 0.6) is 0 Å². The van der Waals surface area contributed by atoms with E-state index >= 15 is 0 Å². The molecule has 2 unspecified atom stereocenters. The molecule has 5 nitrogen and oxygen atoms in total. The molecule has 0 fully saturated rings. The highest BCUT2D eigenvalue weighted by Gasteiger charge is 2.35. The van der Waals surface area contributed by atoms with Gasteiger partial charge in [0.25, 0.3) is 0 Å². The van der Waals surface area contributed by atoms with Gasteiger partial charge in [-0.15, -0.1) is 0 Å². The minimum Gasteiger partial charge on any atom is -0.479 e. The van der Waals surface area contributed by atoms with Crippen LogP contribution < -0.4 is 5.32 Å². The van der Waals surface area contributed by atoms with E-state index in [1.54, 1.807) is 6.07 Å². The Balaban J connectivity index is 2.27. The molecule has 2 N–H and O–H groups in total. The van der Waals surface area contributed by atoms with E-state index in [2.05, 4.69) is 5.32 Å². The number of hydrogen-bond acceptors (Lipinski definition) is 2. The Bertz CT molecular complexity index is 516. The van der Waals surface area contributed by atoms with Crippen molar-refractivity contribution in [1.82, 2.24) is 10.2 Å². The number of fused-ring (bicyclic) bond motifs is 1. The molecule has 1 aliphatic heterocycles. The molecule has 0 saturated heterocycles. The zero-order valence-electron chi connectivity index (χ0n) is 11.8. The lowest BCUT2D eigenvalue weighted by atomic mass is 9.93. The van der Waals surface area contributed by atoms with Crippen LogP contribution in [0.15, 0.2) is 24.3 Å². The highest BCUT2D eigenvalue weighted by Crippen LogP contribution is 2.29. The maximum atomic E-state index is 12.2. The van der Waals surface area contributed by atoms with Crippen molar-refractivity contribution in [3.8, 4) is 0 Å². The van der Waals surface area contributed by atoms with Crippen molar-refractivity contribution in [3.63, 3.8) is 0 Å². The molecule has 0 saturated carbocycles. The second kappa shape index (κ2) is 5.94. The van der Waals surface area contributed by atoms with E-state index in [0.717, 1.165) is 12.0 Å². The maximum Gasteiger partial charge on any atom is 0.331 e. The summed E-state index contributed by atoms with van der Waals surface area (Å²) >= 11 is 0. The molecular formula is C15H20N2O3. The Morgan fingerprint density at radius 3 is 2.80 bits per heavy atom. The first-order valence-electron chi connectivity index (χ1n) is 6.92. The topological polar surface area (TPSA) is 69.6 Å². The fourth-order valence-corrected chi connectivity index (χ4v) is 2.45. The number of hydrogen-bond donors (Lipinski definition) is 2. The summed E-state index contributed by atoms with van der Waals surface area (Å²) in [4.78, 5) is 25.2. The Kier molecular flexibility index (Phi) is 4.27. The van der Waals surface area contributed by atoms with Gasteiger partial charge in [-0.2, -0.15) is 0 Å². The zero-order valence-corrected chi connectivity index (χ0v) is 11.8. The molecule has 108 valence electrons. The lowest BCUT2D eigenvalue weighted by Gasteiger charge is -2.35. The summed E-state index contributed by atoms with van der Waals surface area (Å²) in [5.74, 6) is -0.989. The summed E-state index contributed by atoms with van der Waals surface area (Å²) in [6.45, 7) is 4.31. The fourth-order valence-electron chi connectivity index (χ4n) is 2.45. The summed E-state index contributed by atoms with van der Waals surface area (Å²) in [6, 6.07) is 6.25. The number of benzene rings is 1. The van der Waals surface area contributed by atoms with E-state index in [9.17, 15) is 14.7 Å². The zero-order chi connectivity index (χ0) is 14.7. The molecule has 2 amide bonds. The summed E-state index contributed by atoms with van der Waals surface area (Å²) in [5.41, 5.74) is 1.72. The van der Waals surface area contributed by atoms with Gasteiger partial charge >= 0.3 is 12.0 Å². The van der Waals surface area contributed by atoms with Crippen molar-refractivity contribution >= 4 is 12.0 Å². The van der Waals surface area contributed by atoms with Gasteiger partial charge in [-0.25, -0.2) is 9.59 Å². The molecule has 0 spiro atoms. The van der Waals surface area contributed by atoms with Gasteiger partial charge in [-0.05, 0) is 30.9 Å². The average Bonchev–Trinajstić information content (AvgIpc) is 2.45. The highest BCUT2D eigenvalue weighted by atomic mass is 16.4. The Hall–Kier alpha value is -2.04. The van der Waals surface area contributed by atoms with E-state index in [1.807, 2.05) is 32.0 Å². The minimum absolute atomic E-state index is 0.0362. The molecule has 2 atom stereocenters. The van der Waals surface area contributed by atoms with Gasteiger partial charge in [0.2, 0.25) is 0 Å². The predicted octanol–water partition coefficient (Wildman–Crippen LogP) is 2.18. The molecule has 5 heteroatoms. The van der Waals surface area contributed by atoms with E-state index in [1.165, 1.54) is 4.90 Å². The van der Waals surface area contributed by atoms with Crippen LogP contribution in [0.2, 0.25) is 0 Å². The number of nitrogens with zero attached hydrogens (tertiary/aromatic N) is 1. The van der Waals surface area contributed by atoms with Crippen LogP contribution in [0.3, 0.4) is 0 Å². The van der Waals surface area contributed by atoms with Crippen molar-refractivity contribution in [1.29, 1.82) is 0 Å². The fraction of sp³-hybridized carbons (Fsp3) is 0.467. The number of amides is 2. The molecule has 20 heavy (non-hydrogen) atoms. The molecule has 1 heterocycles. The smallest absolute Gasteiger partial charge is 0.331 e. The molecule has 1 aromatic rings. The lowest BCUT2D eigenvalue weighted by molar-refractivity contribution is -0.142. The standard InChI is InChI=1S/C15H20N2O3/c1-3-10(2)16-15(20)17-9-8-11-6-4-5-7-12(11)13(17)14(18)19/h4-7,10,13H,3,8-9H2,1-2H3,(H,16,20)(H,18,19). The Labute approximate surface area is 118 Å². The minimum atomic E-state index is -0.989. The van der Waals surface area contributed by atoms with E-state index in [0.29, 0.717) is 18.5 Å². The number of carbonyl (C=O) groups excluding carboxylic acids is 1. The number of rotatable bonds is 3. The third-order valence-electron chi connectivity index (χ3n) is 3.76. The van der Waals surface area contributed by atoms with Crippen LogP contribution in [0, 0.1) is 0 Å². The summed E-state index contributed by atoms with van der Waals surface area (Å²) in [5, 5.41) is 12.3. The number of nitrogens with one attached hydrogen (secondary N) is 1. The Morgan fingerprint density at radius 2 is 2.15 bits per heavy atom. The van der Waals surface area contributed by atoms with Gasteiger partial charge in [-0.3, -0.25) is 0 Å². The monoisotopic (exact) mass is 276 g/mol. The first-order valence-corrected chi connectivity index (χ1v) is 6.92. The predicted molar refractivity (Wildman–Crippen MR) is 75.5 cm³/mol. The van der Waals surface area contributed by atoms with Crippen LogP contribution in [0.1, 0.15) is 37.4 Å². The van der Waals surface area contributed by atoms with Crippen molar-refractivity contribution in [3.05, 3.63) is 35.4 Å². The van der Waals surface area contributed by atoms with Crippen molar-refractivity contribution in [2.24, 2.45) is 0 Å². The van der Waals surface area contributed by atoms with E-state index in [-0.39, 0.29) is 12.1 Å². The quantitative estimate of drug-likeness (QED) is 0.889. The second-order valence-corrected chi connectivity index (χ2v) is 5.14. The molecule has 0 aromatic heterocycles. The largest absolute Gasteiger partial charge is 0.479 e. The Morgan fingerprint density at radius 1 is 1.45 bits per heavy atom. The average molecular weight is 276 g/mol. The first-order chi connectivity index (χ1) is 9.54. The van der Waals surface area contributed by atoms with Crippen molar-refractivity contribution < 1.29 is 14.7 Å². The van der Waals surface area contributed by atoms with Gasteiger partial charge in [0.15, 0.2) is 6.04 Å². The van der Waals surface area contributed by atoms with Crippen LogP contribution in [-0.2, 0) is 11.2 Å². The van der Waals surface area contributed by atoms with Crippen LogP contribution in [0.4, 0.5) is 4.79 Å². The molecule has 2 rings (SSSR count). The van der Waals surface area contributed by atoms with E-state index in [4.69, 9.17) is 0 Å². The molecule has 0 bridgehead atoms. The molecule has 0 radical (unpaired) electrons. The van der Waals surface area contributed by atoms with Gasteiger partial charge in [0.1, 0.15) is 0 Å². The molecule has 0 aliphatic carbocycles. The SMILES string of the molecule is CCC(C)NC(=O)N1CCc2ccccc2C1C(=O)O. The first kappa shape index (κ1) is 14.4. The van der Waals surface area contributed by atoms with Gasteiger partial charge < -0.3 is 15.3 Å². The number of carboxylic acids is 1. The number of aliphatic carboxylic acids is 1. The second-order valence-electron chi connectivity index (χ2n) is 5.14. The van der Waals surface area contributed by atoms with Crippen LogP contribution in [0.25, 0.3) is 0 Å². The van der Waals surface area contributed by atoms with Gasteiger partial charge in [-0.1, -0.05) is 31.2 Å². The van der Waals surface area contributed by atoms with E-state index < -0.39 is 12.0 Å². The lowest BCUT2D eigenvalue weighted by Crippen LogP contribution is -2.50. The number of carbonyl (C=O) groups is 2. The van der Waals surface area contributed by atoms with Crippen molar-refractivity contribution in [2.45, 2.75) is 38.8 Å². The summed E-state index contributed by atoms with van der Waals surface area (Å²) in [6.07, 6.45) is 1.50. The normalized spacial score (nSPS) is 19.1. The van der Waals surface area contributed by atoms with Crippen molar-refractivity contribution in [2.75, 3.05) is 6.54 Å². The third-order valence-corrected chi connectivity index (χ3v) is 3.76. The van der Waals surface area contributed by atoms with Gasteiger partial charge in [0.05, 0.1) is 0 Å². The highest BCUT2D eigenvalue weighted by molar-refractivity contribution is 5.84. The van der Waals surface area contributed by atoms with Gasteiger partial charge in [0, 0.05) is 12.6 Å². The summed E-state index contributed by atoms with van der Waals surface area (Å²) in [7, 11) is 0. The van der Waals surface area contributed by atoms with Crippen LogP contribution in [-0.4, -0.2) is 34.6 Å². The third kappa shape index (κ3) is 2.76. The number of urea groups is 1. The summed E-state index contributed by atoms with van der Waals surface area (Å²) < 4.78 is 0. The molecule has 1 aromatic carbocycles.